The molecule has 0 aliphatic heterocycles. The maximum Gasteiger partial charge on any atom is 0.0500 e. The van der Waals surface area contributed by atoms with Crippen molar-refractivity contribution in [3.63, 3.8) is 0 Å². The van der Waals surface area contributed by atoms with Crippen LogP contribution in [0.2, 0.25) is 0 Å². The summed E-state index contributed by atoms with van der Waals surface area (Å²) in [4.78, 5) is 0. The smallest absolute Gasteiger partial charge is 0.0500 e. The molecule has 1 heterocycles. The largest absolute Gasteiger partial charge is 0.398 e. The van der Waals surface area contributed by atoms with Gasteiger partial charge in [0.1, 0.15) is 0 Å². The van der Waals surface area contributed by atoms with Crippen molar-refractivity contribution in [2.45, 2.75) is 12.8 Å². The van der Waals surface area contributed by atoms with E-state index in [1.807, 2.05) is 6.07 Å². The number of halogens is 1. The summed E-state index contributed by atoms with van der Waals surface area (Å²) in [5.41, 5.74) is 8.97. The molecule has 0 spiro atoms. The maximum atomic E-state index is 5.88. The first kappa shape index (κ1) is 8.85. The van der Waals surface area contributed by atoms with Gasteiger partial charge in [0.2, 0.25) is 0 Å². The predicted octanol–water partition coefficient (Wildman–Crippen LogP) is 3.53. The third kappa shape index (κ3) is 1.30. The Morgan fingerprint density at radius 3 is 3.00 bits per heavy atom. The van der Waals surface area contributed by atoms with E-state index in [0.717, 1.165) is 11.3 Å². The van der Waals surface area contributed by atoms with Gasteiger partial charge in [-0.15, -0.1) is 22.9 Å². The van der Waals surface area contributed by atoms with E-state index in [9.17, 15) is 0 Å². The maximum absolute atomic E-state index is 5.88. The molecule has 0 saturated heterocycles. The van der Waals surface area contributed by atoms with Crippen LogP contribution in [-0.2, 0) is 5.88 Å². The number of benzene rings is 1. The van der Waals surface area contributed by atoms with Crippen molar-refractivity contribution in [1.29, 1.82) is 0 Å². The molecular weight excluding hydrogens is 202 g/mol. The number of aryl methyl sites for hydroxylation is 1. The van der Waals surface area contributed by atoms with Crippen molar-refractivity contribution >= 4 is 38.7 Å². The van der Waals surface area contributed by atoms with Crippen LogP contribution in [0.3, 0.4) is 0 Å². The lowest BCUT2D eigenvalue weighted by Crippen LogP contribution is -1.93. The standard InChI is InChI=1S/C10H10ClNS/c1-6-4-9(12)8(5-11)7-2-3-13-10(6)7/h2-4H,5,12H2,1H3. The number of hydrogen-bond acceptors (Lipinski definition) is 2. The van der Waals surface area contributed by atoms with E-state index in [2.05, 4.69) is 18.4 Å². The van der Waals surface area contributed by atoms with Gasteiger partial charge >= 0.3 is 0 Å². The number of alkyl halides is 1. The number of fused-ring (bicyclic) bond motifs is 1. The number of nitrogen functional groups attached to an aromatic ring is 1. The lowest BCUT2D eigenvalue weighted by Gasteiger charge is -2.05. The normalized spacial score (nSPS) is 10.9. The van der Waals surface area contributed by atoms with Crippen LogP contribution >= 0.6 is 22.9 Å². The Kier molecular flexibility index (Phi) is 2.18. The predicted molar refractivity (Wildman–Crippen MR) is 60.5 cm³/mol. The van der Waals surface area contributed by atoms with E-state index in [1.54, 1.807) is 11.3 Å². The lowest BCUT2D eigenvalue weighted by molar-refractivity contribution is 1.43. The van der Waals surface area contributed by atoms with E-state index in [0.29, 0.717) is 5.88 Å². The Balaban J connectivity index is 2.88. The van der Waals surface area contributed by atoms with Crippen LogP contribution < -0.4 is 5.73 Å². The summed E-state index contributed by atoms with van der Waals surface area (Å²) in [6.07, 6.45) is 0. The van der Waals surface area contributed by atoms with Gasteiger partial charge in [-0.25, -0.2) is 0 Å². The second-order valence-electron chi connectivity index (χ2n) is 3.06. The Labute approximate surface area is 86.1 Å². The van der Waals surface area contributed by atoms with Crippen LogP contribution in [0, 0.1) is 6.92 Å². The summed E-state index contributed by atoms with van der Waals surface area (Å²) in [6, 6.07) is 4.08. The van der Waals surface area contributed by atoms with E-state index in [1.165, 1.54) is 15.6 Å². The molecule has 2 aromatic rings. The Morgan fingerprint density at radius 2 is 2.31 bits per heavy atom. The van der Waals surface area contributed by atoms with Gasteiger partial charge in [0.15, 0.2) is 0 Å². The van der Waals surface area contributed by atoms with Crippen molar-refractivity contribution < 1.29 is 0 Å². The minimum atomic E-state index is 0.485. The van der Waals surface area contributed by atoms with Crippen molar-refractivity contribution in [2.24, 2.45) is 0 Å². The zero-order valence-electron chi connectivity index (χ0n) is 7.30. The summed E-state index contributed by atoms with van der Waals surface area (Å²) in [5.74, 6) is 0.485. The summed E-state index contributed by atoms with van der Waals surface area (Å²) in [6.45, 7) is 2.08. The summed E-state index contributed by atoms with van der Waals surface area (Å²) in [7, 11) is 0. The van der Waals surface area contributed by atoms with E-state index < -0.39 is 0 Å². The van der Waals surface area contributed by atoms with Crippen molar-refractivity contribution in [1.82, 2.24) is 0 Å². The first-order valence-corrected chi connectivity index (χ1v) is 5.46. The zero-order valence-corrected chi connectivity index (χ0v) is 8.88. The number of nitrogens with two attached hydrogens (primary N) is 1. The Bertz CT molecular complexity index is 447. The van der Waals surface area contributed by atoms with Gasteiger partial charge in [0, 0.05) is 10.4 Å². The van der Waals surface area contributed by atoms with Gasteiger partial charge in [-0.3, -0.25) is 0 Å². The Morgan fingerprint density at radius 1 is 1.54 bits per heavy atom. The van der Waals surface area contributed by atoms with Crippen LogP contribution in [0.15, 0.2) is 17.5 Å². The minimum absolute atomic E-state index is 0.485. The molecule has 0 fully saturated rings. The molecule has 1 aromatic heterocycles. The highest BCUT2D eigenvalue weighted by atomic mass is 35.5. The fourth-order valence-corrected chi connectivity index (χ4v) is 2.74. The van der Waals surface area contributed by atoms with Gasteiger partial charge < -0.3 is 5.73 Å². The van der Waals surface area contributed by atoms with Crippen LogP contribution in [-0.4, -0.2) is 0 Å². The fraction of sp³-hybridized carbons (Fsp3) is 0.200. The second-order valence-corrected chi connectivity index (χ2v) is 4.24. The number of rotatable bonds is 1. The average molecular weight is 212 g/mol. The van der Waals surface area contributed by atoms with Crippen LogP contribution in [0.25, 0.3) is 10.1 Å². The molecule has 0 amide bonds. The monoisotopic (exact) mass is 211 g/mol. The first-order chi connectivity index (χ1) is 6.24. The molecule has 0 saturated carbocycles. The summed E-state index contributed by atoms with van der Waals surface area (Å²) >= 11 is 7.58. The van der Waals surface area contributed by atoms with Gasteiger partial charge in [-0.05, 0) is 40.9 Å². The molecule has 13 heavy (non-hydrogen) atoms. The molecule has 3 heteroatoms. The number of thiophene rings is 1. The van der Waals surface area contributed by atoms with Gasteiger partial charge in [0.25, 0.3) is 0 Å². The van der Waals surface area contributed by atoms with E-state index >= 15 is 0 Å². The first-order valence-electron chi connectivity index (χ1n) is 4.05. The van der Waals surface area contributed by atoms with Crippen molar-refractivity contribution in [2.75, 3.05) is 5.73 Å². The topological polar surface area (TPSA) is 26.0 Å². The highest BCUT2D eigenvalue weighted by molar-refractivity contribution is 7.17. The third-order valence-electron chi connectivity index (χ3n) is 2.20. The zero-order chi connectivity index (χ0) is 9.42. The molecule has 2 N–H and O–H groups in total. The SMILES string of the molecule is Cc1cc(N)c(CCl)c2ccsc12. The number of hydrogen-bond donors (Lipinski definition) is 1. The highest BCUT2D eigenvalue weighted by Gasteiger charge is 2.07. The van der Waals surface area contributed by atoms with Gasteiger partial charge in [-0.2, -0.15) is 0 Å². The molecule has 1 nitrogen and oxygen atoms in total. The van der Waals surface area contributed by atoms with Crippen LogP contribution in [0.5, 0.6) is 0 Å². The third-order valence-corrected chi connectivity index (χ3v) is 3.52. The molecule has 68 valence electrons. The quantitative estimate of drug-likeness (QED) is 0.567. The Hall–Kier alpha value is -0.730. The summed E-state index contributed by atoms with van der Waals surface area (Å²) < 4.78 is 1.30. The average Bonchev–Trinajstić information content (AvgIpc) is 2.53. The van der Waals surface area contributed by atoms with Crippen LogP contribution in [0.1, 0.15) is 11.1 Å². The molecule has 0 aliphatic rings. The van der Waals surface area contributed by atoms with E-state index in [4.69, 9.17) is 17.3 Å². The van der Waals surface area contributed by atoms with E-state index in [-0.39, 0.29) is 0 Å². The van der Waals surface area contributed by atoms with Crippen LogP contribution in [0.4, 0.5) is 5.69 Å². The van der Waals surface area contributed by atoms with Crippen molar-refractivity contribution in [3.8, 4) is 0 Å². The van der Waals surface area contributed by atoms with Crippen molar-refractivity contribution in [3.05, 3.63) is 28.6 Å². The minimum Gasteiger partial charge on any atom is -0.398 e. The van der Waals surface area contributed by atoms with Gasteiger partial charge in [-0.1, -0.05) is 0 Å². The number of anilines is 1. The fourth-order valence-electron chi connectivity index (χ4n) is 1.54. The molecule has 0 bridgehead atoms. The molecule has 0 aliphatic carbocycles. The molecule has 2 rings (SSSR count). The molecular formula is C10H10ClNS. The highest BCUT2D eigenvalue weighted by Crippen LogP contribution is 2.32. The second kappa shape index (κ2) is 3.20. The lowest BCUT2D eigenvalue weighted by atomic mass is 10.1. The molecule has 1 aromatic carbocycles. The van der Waals surface area contributed by atoms with Gasteiger partial charge in [0.05, 0.1) is 5.88 Å². The molecule has 0 radical (unpaired) electrons. The molecule has 0 unspecified atom stereocenters. The molecule has 0 atom stereocenters. The summed E-state index contributed by atoms with van der Waals surface area (Å²) in [5, 5.41) is 3.28.